The maximum atomic E-state index is 8.95. The summed E-state index contributed by atoms with van der Waals surface area (Å²) in [6.45, 7) is 5.22. The van der Waals surface area contributed by atoms with E-state index >= 15 is 0 Å². The first-order valence-electron chi connectivity index (χ1n) is 18.3. The summed E-state index contributed by atoms with van der Waals surface area (Å²) in [5.41, 5.74) is 15.1. The Morgan fingerprint density at radius 1 is 0.893 bits per heavy atom. The molecule has 2 aromatic heterocycles. The molecule has 0 saturated carbocycles. The average Bonchev–Trinajstić information content (AvgIpc) is 4.06. The van der Waals surface area contributed by atoms with Crippen LogP contribution in [0.1, 0.15) is 52.8 Å². The minimum absolute atomic E-state index is 0.0687. The Kier molecular flexibility index (Phi) is 14.2. The van der Waals surface area contributed by atoms with Crippen molar-refractivity contribution in [3.05, 3.63) is 147 Å². The zero-order valence-corrected chi connectivity index (χ0v) is 34.2. The number of aryl methyl sites for hydroxylation is 1. The second-order valence-electron chi connectivity index (χ2n) is 13.2. The Balaban J connectivity index is 0.000000151. The number of hydrogen-bond acceptors (Lipinski definition) is 6. The second-order valence-corrected chi connectivity index (χ2v) is 15.1. The summed E-state index contributed by atoms with van der Waals surface area (Å²) < 4.78 is 15.2. The summed E-state index contributed by atoms with van der Waals surface area (Å²) >= 11 is 7.06. The van der Waals surface area contributed by atoms with Crippen LogP contribution in [0.4, 0.5) is 11.4 Å². The van der Waals surface area contributed by atoms with Gasteiger partial charge in [0.15, 0.2) is 0 Å². The maximum Gasteiger partial charge on any atom is 0.104 e. The van der Waals surface area contributed by atoms with Crippen molar-refractivity contribution in [1.29, 1.82) is 0 Å². The highest BCUT2D eigenvalue weighted by molar-refractivity contribution is 9.10. The van der Waals surface area contributed by atoms with E-state index in [-0.39, 0.29) is 25.4 Å². The number of benzene rings is 4. The SMILES string of the molecule is C1=COCC1.C=Cc1cn(C)c2ccc(Br)cc12.Nc1ccc(C#CCO)cc1.OCC#Cc1ccc2c(c1)[C@H]1OCC[C@H]1[C@@H](c1c[nH]c3ccc(Br)cc13)N2. The summed E-state index contributed by atoms with van der Waals surface area (Å²) in [6, 6.07) is 26.2. The minimum atomic E-state index is -0.129. The average molecular weight is 877 g/mol. The zero-order chi connectivity index (χ0) is 39.4. The molecule has 9 rings (SSSR count). The number of halogens is 2. The molecule has 6 aromatic rings. The van der Waals surface area contributed by atoms with Gasteiger partial charge in [-0.05, 0) is 96.9 Å². The lowest BCUT2D eigenvalue weighted by atomic mass is 9.80. The van der Waals surface area contributed by atoms with E-state index in [2.05, 4.69) is 138 Å². The lowest BCUT2D eigenvalue weighted by molar-refractivity contribution is 0.0830. The predicted molar refractivity (Wildman–Crippen MR) is 235 cm³/mol. The molecule has 1 fully saturated rings. The van der Waals surface area contributed by atoms with E-state index in [1.54, 1.807) is 18.4 Å². The number of fused-ring (bicyclic) bond motifs is 5. The van der Waals surface area contributed by atoms with Gasteiger partial charge >= 0.3 is 0 Å². The third-order valence-electron chi connectivity index (χ3n) is 9.58. The van der Waals surface area contributed by atoms with Crippen LogP contribution in [-0.2, 0) is 16.5 Å². The van der Waals surface area contributed by atoms with E-state index in [0.29, 0.717) is 5.92 Å². The molecule has 286 valence electrons. The first kappa shape index (κ1) is 40.5. The lowest BCUT2D eigenvalue weighted by Gasteiger charge is -2.36. The van der Waals surface area contributed by atoms with E-state index < -0.39 is 0 Å². The topological polar surface area (TPSA) is 118 Å². The normalized spacial score (nSPS) is 17.1. The Morgan fingerprint density at radius 3 is 2.29 bits per heavy atom. The molecule has 0 amide bonds. The van der Waals surface area contributed by atoms with Crippen LogP contribution >= 0.6 is 31.9 Å². The van der Waals surface area contributed by atoms with Gasteiger partial charge in [0, 0.05) is 103 Å². The Bertz CT molecular complexity index is 2440. The molecule has 4 aromatic carbocycles. The molecule has 3 aliphatic heterocycles. The molecule has 3 atom stereocenters. The molecule has 0 aliphatic carbocycles. The maximum absolute atomic E-state index is 8.95. The second kappa shape index (κ2) is 19.6. The summed E-state index contributed by atoms with van der Waals surface area (Å²) in [5.74, 6) is 11.4. The van der Waals surface area contributed by atoms with E-state index in [0.717, 1.165) is 63.0 Å². The zero-order valence-electron chi connectivity index (χ0n) is 31.1. The molecule has 56 heavy (non-hydrogen) atoms. The van der Waals surface area contributed by atoms with Gasteiger partial charge in [-0.15, -0.1) is 0 Å². The number of nitrogen functional groups attached to an aromatic ring is 1. The number of nitrogens with two attached hydrogens (primary N) is 1. The largest absolute Gasteiger partial charge is 0.501 e. The number of aliphatic hydroxyl groups is 2. The summed E-state index contributed by atoms with van der Waals surface area (Å²) in [4.78, 5) is 3.41. The van der Waals surface area contributed by atoms with E-state index in [4.69, 9.17) is 25.4 Å². The number of anilines is 2. The van der Waals surface area contributed by atoms with Crippen LogP contribution in [0.3, 0.4) is 0 Å². The highest BCUT2D eigenvalue weighted by atomic mass is 79.9. The monoisotopic (exact) mass is 874 g/mol. The smallest absolute Gasteiger partial charge is 0.104 e. The molecular weight excluding hydrogens is 832 g/mol. The quantitative estimate of drug-likeness (QED) is 0.0875. The van der Waals surface area contributed by atoms with Gasteiger partial charge in [0.2, 0.25) is 0 Å². The molecular formula is C46H44Br2N4O4. The van der Waals surface area contributed by atoms with Crippen LogP contribution < -0.4 is 11.1 Å². The number of nitrogens with one attached hydrogen (secondary N) is 2. The molecule has 0 spiro atoms. The standard InChI is InChI=1S/C22H19BrN2O2.C11H10BrN.C9H9NO.C4H6O/c23-14-4-6-19-16(11-14)18(12-24-19)21-15-7-9-27-22(15)17-10-13(2-1-8-26)3-5-20(17)25-21;1-3-8-7-13(2)11-5-4-9(12)6-10(8)11;10-9-5-3-8(4-6-9)2-1-7-11;1-2-4-5-3-1/h3-6,10-12,15,21-22,24-26H,7-9H2;3-7H,1H2,2H3;3-6,11H,7,10H2;1,3H,2,4H2/t15-,21-,22-;;;/m0.../s1. The van der Waals surface area contributed by atoms with Gasteiger partial charge in [-0.25, -0.2) is 0 Å². The van der Waals surface area contributed by atoms with E-state index in [1.165, 1.54) is 33.0 Å². The van der Waals surface area contributed by atoms with Gasteiger partial charge in [0.05, 0.1) is 25.0 Å². The van der Waals surface area contributed by atoms with Gasteiger partial charge in [-0.3, -0.25) is 0 Å². The molecule has 0 unspecified atom stereocenters. The Hall–Kier alpha value is -5.20. The number of rotatable bonds is 2. The van der Waals surface area contributed by atoms with Crippen LogP contribution in [0.25, 0.3) is 27.9 Å². The number of aromatic nitrogens is 2. The van der Waals surface area contributed by atoms with Crippen molar-refractivity contribution >= 4 is 71.1 Å². The third-order valence-corrected chi connectivity index (χ3v) is 10.6. The summed E-state index contributed by atoms with van der Waals surface area (Å²) in [6.07, 6.45) is 12.0. The molecule has 3 aliphatic rings. The number of aromatic amines is 1. The van der Waals surface area contributed by atoms with Crippen LogP contribution in [0.15, 0.2) is 119 Å². The fourth-order valence-corrected chi connectivity index (χ4v) is 7.70. The minimum Gasteiger partial charge on any atom is -0.501 e. The molecule has 5 heterocycles. The molecule has 1 saturated heterocycles. The first-order valence-corrected chi connectivity index (χ1v) is 19.9. The van der Waals surface area contributed by atoms with Crippen LogP contribution in [-0.4, -0.2) is 46.2 Å². The summed E-state index contributed by atoms with van der Waals surface area (Å²) in [5, 5.41) is 23.6. The fraction of sp³-hybridized carbons (Fsp3) is 0.217. The van der Waals surface area contributed by atoms with Gasteiger partial charge in [0.25, 0.3) is 0 Å². The molecule has 0 radical (unpaired) electrons. The van der Waals surface area contributed by atoms with Gasteiger partial charge in [-0.1, -0.05) is 68.2 Å². The molecule has 0 bridgehead atoms. The van der Waals surface area contributed by atoms with Crippen molar-refractivity contribution in [2.45, 2.75) is 25.0 Å². The van der Waals surface area contributed by atoms with Crippen molar-refractivity contribution in [3.8, 4) is 23.7 Å². The van der Waals surface area contributed by atoms with Crippen LogP contribution in [0.5, 0.6) is 0 Å². The van der Waals surface area contributed by atoms with Crippen molar-refractivity contribution in [2.24, 2.45) is 13.0 Å². The van der Waals surface area contributed by atoms with E-state index in [1.807, 2.05) is 37.4 Å². The van der Waals surface area contributed by atoms with Crippen molar-refractivity contribution in [2.75, 3.05) is 37.5 Å². The molecule has 8 nitrogen and oxygen atoms in total. The number of nitrogens with zero attached hydrogens (tertiary/aromatic N) is 1. The number of hydrogen-bond donors (Lipinski definition) is 5. The lowest BCUT2D eigenvalue weighted by Crippen LogP contribution is -2.29. The summed E-state index contributed by atoms with van der Waals surface area (Å²) in [7, 11) is 2.04. The Morgan fingerprint density at radius 2 is 1.61 bits per heavy atom. The van der Waals surface area contributed by atoms with Crippen LogP contribution in [0, 0.1) is 29.6 Å². The molecule has 6 N–H and O–H groups in total. The van der Waals surface area contributed by atoms with Crippen molar-refractivity contribution in [3.63, 3.8) is 0 Å². The van der Waals surface area contributed by atoms with E-state index in [9.17, 15) is 0 Å². The van der Waals surface area contributed by atoms with Gasteiger partial charge < -0.3 is 40.3 Å². The number of ether oxygens (including phenoxy) is 2. The Labute approximate surface area is 344 Å². The fourth-order valence-electron chi connectivity index (χ4n) is 6.98. The molecule has 10 heteroatoms. The van der Waals surface area contributed by atoms with Crippen molar-refractivity contribution in [1.82, 2.24) is 9.55 Å². The van der Waals surface area contributed by atoms with Gasteiger partial charge in [0.1, 0.15) is 13.2 Å². The first-order chi connectivity index (χ1) is 27.3. The van der Waals surface area contributed by atoms with Gasteiger partial charge in [-0.2, -0.15) is 0 Å². The number of aliphatic hydroxyl groups excluding tert-OH is 2. The highest BCUT2D eigenvalue weighted by Crippen LogP contribution is 2.51. The third kappa shape index (κ3) is 9.96. The van der Waals surface area contributed by atoms with Crippen LogP contribution in [0.2, 0.25) is 0 Å². The number of H-pyrrole nitrogens is 1. The predicted octanol–water partition coefficient (Wildman–Crippen LogP) is 9.64. The highest BCUT2D eigenvalue weighted by Gasteiger charge is 2.42. The van der Waals surface area contributed by atoms with Crippen molar-refractivity contribution < 1.29 is 19.7 Å².